The Morgan fingerprint density at radius 1 is 1.27 bits per heavy atom. The quantitative estimate of drug-likeness (QED) is 0.435. The average Bonchev–Trinajstić information content (AvgIpc) is 3.16. The Kier molecular flexibility index (Phi) is 8.33. The van der Waals surface area contributed by atoms with Crippen molar-refractivity contribution in [3.63, 3.8) is 0 Å². The number of carboxylic acid groups (broad SMARTS) is 1. The number of nitrogens with one attached hydrogen (secondary N) is 1. The van der Waals surface area contributed by atoms with E-state index in [1.165, 1.54) is 35.2 Å². The summed E-state index contributed by atoms with van der Waals surface area (Å²) in [5, 5.41) is 12.5. The third kappa shape index (κ3) is 6.89. The van der Waals surface area contributed by atoms with Crippen molar-refractivity contribution in [1.82, 2.24) is 9.88 Å². The molecule has 180 valence electrons. The van der Waals surface area contributed by atoms with Crippen LogP contribution in [0.3, 0.4) is 0 Å². The van der Waals surface area contributed by atoms with Crippen molar-refractivity contribution in [2.75, 3.05) is 11.9 Å². The molecule has 10 heteroatoms. The first-order valence-electron chi connectivity index (χ1n) is 10.9. The fraction of sp³-hybridized carbons (Fsp3) is 0.522. The smallest absolute Gasteiger partial charge is 0.323 e. The van der Waals surface area contributed by atoms with Gasteiger partial charge in [0, 0.05) is 18.7 Å². The lowest BCUT2D eigenvalue weighted by Crippen LogP contribution is -2.45. The van der Waals surface area contributed by atoms with Gasteiger partial charge in [-0.3, -0.25) is 10.1 Å². The summed E-state index contributed by atoms with van der Waals surface area (Å²) in [5.41, 5.74) is 0.363. The van der Waals surface area contributed by atoms with Crippen LogP contribution >= 0.6 is 23.1 Å². The minimum Gasteiger partial charge on any atom is -0.480 e. The molecule has 0 atom stereocenters. The molecule has 0 aliphatic heterocycles. The molecule has 0 bridgehead atoms. The van der Waals surface area contributed by atoms with Crippen molar-refractivity contribution in [2.45, 2.75) is 67.9 Å². The van der Waals surface area contributed by atoms with Gasteiger partial charge in [-0.15, -0.1) is 0 Å². The number of hydrogen-bond donors (Lipinski definition) is 2. The average molecular weight is 498 g/mol. The Hall–Kier alpha value is -2.20. The van der Waals surface area contributed by atoms with Crippen LogP contribution in [0.4, 0.5) is 18.7 Å². The lowest BCUT2D eigenvalue weighted by molar-refractivity contribution is -0.138. The zero-order valence-electron chi connectivity index (χ0n) is 18.9. The highest BCUT2D eigenvalue weighted by molar-refractivity contribution is 8.03. The number of rotatable bonds is 8. The Bertz CT molecular complexity index is 991. The number of carbonyl (C=O) groups is 2. The number of hydrogen-bond acceptors (Lipinski definition) is 5. The highest BCUT2D eigenvalue weighted by atomic mass is 32.2. The number of thiazole rings is 1. The predicted molar refractivity (Wildman–Crippen MR) is 127 cm³/mol. The van der Waals surface area contributed by atoms with Crippen molar-refractivity contribution in [1.29, 1.82) is 0 Å². The fourth-order valence-electron chi connectivity index (χ4n) is 3.79. The number of thioether (sulfide) groups is 1. The molecular weight excluding hydrogens is 468 g/mol. The second kappa shape index (κ2) is 10.8. The minimum absolute atomic E-state index is 0.0319. The minimum atomic E-state index is -1.02. The maximum Gasteiger partial charge on any atom is 0.323 e. The van der Waals surface area contributed by atoms with Crippen LogP contribution in [0.5, 0.6) is 0 Å². The van der Waals surface area contributed by atoms with Gasteiger partial charge in [0.2, 0.25) is 0 Å². The van der Waals surface area contributed by atoms with E-state index >= 15 is 0 Å². The van der Waals surface area contributed by atoms with E-state index in [0.29, 0.717) is 27.4 Å². The standard InChI is InChI=1S/C23H29F2N3O3S2/c1-14-4-8-17(9-5-14)28(11-10-15-6-7-16(24)12-18(15)25)22(31)27-21-26-13-19(32-21)33-23(2,3)20(29)30/h6-7,12-14,17H,4-5,8-11H2,1-3H3,(H,29,30)(H,26,27,31). The van der Waals surface area contributed by atoms with E-state index in [1.807, 2.05) is 0 Å². The summed E-state index contributed by atoms with van der Waals surface area (Å²) < 4.78 is 27.0. The van der Waals surface area contributed by atoms with E-state index in [0.717, 1.165) is 31.7 Å². The second-order valence-corrected chi connectivity index (χ2v) is 11.9. The van der Waals surface area contributed by atoms with Crippen LogP contribution in [0, 0.1) is 17.6 Å². The molecule has 3 rings (SSSR count). The summed E-state index contributed by atoms with van der Waals surface area (Å²) in [6, 6.07) is 3.21. The monoisotopic (exact) mass is 497 g/mol. The van der Waals surface area contributed by atoms with E-state index in [1.54, 1.807) is 24.9 Å². The molecular formula is C23H29F2N3O3S2. The zero-order valence-corrected chi connectivity index (χ0v) is 20.6. The number of benzene rings is 1. The summed E-state index contributed by atoms with van der Waals surface area (Å²) >= 11 is 2.38. The van der Waals surface area contributed by atoms with Gasteiger partial charge in [-0.2, -0.15) is 0 Å². The SMILES string of the molecule is CC1CCC(N(CCc2ccc(F)cc2F)C(=O)Nc2ncc(SC(C)(C)C(=O)O)s2)CC1. The van der Waals surface area contributed by atoms with Gasteiger partial charge in [0.05, 0.1) is 10.4 Å². The molecule has 1 aromatic carbocycles. The molecule has 2 amide bonds. The Morgan fingerprint density at radius 2 is 1.97 bits per heavy atom. The van der Waals surface area contributed by atoms with Gasteiger partial charge in [-0.25, -0.2) is 18.6 Å². The Morgan fingerprint density at radius 3 is 2.61 bits per heavy atom. The topological polar surface area (TPSA) is 82.5 Å². The lowest BCUT2D eigenvalue weighted by atomic mass is 9.86. The van der Waals surface area contributed by atoms with Gasteiger partial charge in [0.25, 0.3) is 0 Å². The van der Waals surface area contributed by atoms with Gasteiger partial charge in [0.15, 0.2) is 5.13 Å². The number of urea groups is 1. The van der Waals surface area contributed by atoms with Crippen molar-refractivity contribution < 1.29 is 23.5 Å². The molecule has 1 saturated carbocycles. The summed E-state index contributed by atoms with van der Waals surface area (Å²) in [7, 11) is 0. The number of aromatic nitrogens is 1. The van der Waals surface area contributed by atoms with Gasteiger partial charge in [0.1, 0.15) is 16.4 Å². The van der Waals surface area contributed by atoms with Gasteiger partial charge in [-0.05, 0) is 63.5 Å². The molecule has 1 heterocycles. The molecule has 0 saturated heterocycles. The first kappa shape index (κ1) is 25.4. The Balaban J connectivity index is 1.70. The largest absolute Gasteiger partial charge is 0.480 e. The van der Waals surface area contributed by atoms with Crippen LogP contribution in [-0.4, -0.2) is 44.3 Å². The number of carbonyl (C=O) groups excluding carboxylic acids is 1. The zero-order chi connectivity index (χ0) is 24.2. The molecule has 33 heavy (non-hydrogen) atoms. The third-order valence-corrected chi connectivity index (χ3v) is 8.09. The van der Waals surface area contributed by atoms with E-state index in [9.17, 15) is 23.5 Å². The van der Waals surface area contributed by atoms with Crippen LogP contribution in [0.1, 0.15) is 52.0 Å². The number of anilines is 1. The first-order chi connectivity index (χ1) is 15.5. The molecule has 0 unspecified atom stereocenters. The van der Waals surface area contributed by atoms with Crippen LogP contribution < -0.4 is 5.32 Å². The van der Waals surface area contributed by atoms with Crippen LogP contribution in [-0.2, 0) is 11.2 Å². The van der Waals surface area contributed by atoms with Crippen molar-refractivity contribution in [3.05, 3.63) is 41.6 Å². The predicted octanol–water partition coefficient (Wildman–Crippen LogP) is 6.03. The highest BCUT2D eigenvalue weighted by Gasteiger charge is 2.31. The number of halogens is 2. The molecule has 1 fully saturated rings. The number of carboxylic acids is 1. The number of aliphatic carboxylic acids is 1. The summed E-state index contributed by atoms with van der Waals surface area (Å²) in [5.74, 6) is -1.57. The molecule has 6 nitrogen and oxygen atoms in total. The molecule has 1 aliphatic rings. The lowest BCUT2D eigenvalue weighted by Gasteiger charge is -2.36. The van der Waals surface area contributed by atoms with Gasteiger partial charge >= 0.3 is 12.0 Å². The van der Waals surface area contributed by atoms with E-state index in [-0.39, 0.29) is 18.5 Å². The maximum absolute atomic E-state index is 14.1. The maximum atomic E-state index is 14.1. The van der Waals surface area contributed by atoms with Gasteiger partial charge < -0.3 is 10.0 Å². The third-order valence-electron chi connectivity index (χ3n) is 5.89. The Labute approximate surface area is 200 Å². The van der Waals surface area contributed by atoms with E-state index < -0.39 is 22.4 Å². The second-order valence-electron chi connectivity index (χ2n) is 8.92. The summed E-state index contributed by atoms with van der Waals surface area (Å²) in [4.78, 5) is 30.5. The van der Waals surface area contributed by atoms with Crippen molar-refractivity contribution in [3.8, 4) is 0 Å². The summed E-state index contributed by atoms with van der Waals surface area (Å²) in [6.45, 7) is 5.71. The van der Waals surface area contributed by atoms with Crippen molar-refractivity contribution >= 4 is 40.2 Å². The van der Waals surface area contributed by atoms with Gasteiger partial charge in [-0.1, -0.05) is 36.1 Å². The van der Waals surface area contributed by atoms with Crippen molar-refractivity contribution in [2.24, 2.45) is 5.92 Å². The molecule has 2 N–H and O–H groups in total. The fourth-order valence-corrected chi connectivity index (χ4v) is 6.06. The normalized spacial score (nSPS) is 18.7. The highest BCUT2D eigenvalue weighted by Crippen LogP contribution is 2.37. The van der Waals surface area contributed by atoms with Crippen LogP contribution in [0.2, 0.25) is 0 Å². The number of nitrogens with zero attached hydrogens (tertiary/aromatic N) is 2. The van der Waals surface area contributed by atoms with Crippen LogP contribution in [0.25, 0.3) is 0 Å². The first-order valence-corrected chi connectivity index (χ1v) is 12.6. The molecule has 0 spiro atoms. The number of amides is 2. The molecule has 1 aliphatic carbocycles. The van der Waals surface area contributed by atoms with Crippen LogP contribution in [0.15, 0.2) is 28.6 Å². The summed E-state index contributed by atoms with van der Waals surface area (Å²) in [6.07, 6.45) is 5.59. The van der Waals surface area contributed by atoms with E-state index in [4.69, 9.17) is 0 Å². The molecule has 1 aromatic heterocycles. The van der Waals surface area contributed by atoms with E-state index in [2.05, 4.69) is 17.2 Å². The molecule has 2 aromatic rings. The molecule has 0 radical (unpaired) electrons.